The Morgan fingerprint density at radius 3 is 2.69 bits per heavy atom. The molecule has 2 fully saturated rings. The molecule has 0 saturated heterocycles. The lowest BCUT2D eigenvalue weighted by molar-refractivity contribution is 0.396. The van der Waals surface area contributed by atoms with E-state index in [0.29, 0.717) is 16.9 Å². The van der Waals surface area contributed by atoms with Crippen LogP contribution in [0.4, 0.5) is 0 Å². The molecule has 0 bridgehead atoms. The first-order valence-corrected chi connectivity index (χ1v) is 6.18. The van der Waals surface area contributed by atoms with E-state index in [9.17, 15) is 0 Å². The molecule has 0 radical (unpaired) electrons. The first kappa shape index (κ1) is 10.4. The second kappa shape index (κ2) is 3.38. The van der Waals surface area contributed by atoms with Crippen LogP contribution < -0.4 is 10.5 Å². The molecular formula is C13H16ClNO. The Bertz CT molecular complexity index is 422. The molecule has 0 aromatic heterocycles. The van der Waals surface area contributed by atoms with Crippen molar-refractivity contribution in [2.24, 2.45) is 17.6 Å². The summed E-state index contributed by atoms with van der Waals surface area (Å²) >= 11 is 5.97. The van der Waals surface area contributed by atoms with Gasteiger partial charge in [0.2, 0.25) is 0 Å². The van der Waals surface area contributed by atoms with Gasteiger partial charge in [-0.1, -0.05) is 24.1 Å². The number of nitrogens with two attached hydrogens (primary N) is 1. The standard InChI is InChI=1S/C13H16ClNO/c1-16-12-7-8(14)5-6-11(12)13(15)9-3-2-4-10(9)13/h5-7,9-10H,2-4,15H2,1H3. The van der Waals surface area contributed by atoms with Crippen molar-refractivity contribution in [3.8, 4) is 5.75 Å². The highest BCUT2D eigenvalue weighted by Crippen LogP contribution is 2.65. The molecule has 0 amide bonds. The van der Waals surface area contributed by atoms with Crippen LogP contribution in [0.2, 0.25) is 5.02 Å². The van der Waals surface area contributed by atoms with Crippen molar-refractivity contribution >= 4 is 11.6 Å². The average molecular weight is 238 g/mol. The van der Waals surface area contributed by atoms with Gasteiger partial charge in [0.05, 0.1) is 12.6 Å². The van der Waals surface area contributed by atoms with Crippen LogP contribution in [-0.4, -0.2) is 7.11 Å². The molecule has 2 atom stereocenters. The molecule has 3 rings (SSSR count). The van der Waals surface area contributed by atoms with Gasteiger partial charge in [-0.15, -0.1) is 0 Å². The largest absolute Gasteiger partial charge is 0.496 e. The number of methoxy groups -OCH3 is 1. The Balaban J connectivity index is 2.01. The molecule has 2 saturated carbocycles. The van der Waals surface area contributed by atoms with Crippen LogP contribution in [0.25, 0.3) is 0 Å². The fourth-order valence-corrected chi connectivity index (χ4v) is 3.59. The Labute approximate surface area is 101 Å². The topological polar surface area (TPSA) is 35.2 Å². The number of hydrogen-bond acceptors (Lipinski definition) is 2. The smallest absolute Gasteiger partial charge is 0.125 e. The molecule has 16 heavy (non-hydrogen) atoms. The molecule has 3 heteroatoms. The quantitative estimate of drug-likeness (QED) is 0.859. The average Bonchev–Trinajstić information content (AvgIpc) is 2.70. The van der Waals surface area contributed by atoms with E-state index < -0.39 is 0 Å². The van der Waals surface area contributed by atoms with Crippen molar-refractivity contribution in [1.29, 1.82) is 0 Å². The van der Waals surface area contributed by atoms with E-state index in [1.807, 2.05) is 18.2 Å². The second-order valence-corrected chi connectivity index (χ2v) is 5.36. The normalized spacial score (nSPS) is 35.9. The zero-order valence-corrected chi connectivity index (χ0v) is 10.1. The molecule has 0 heterocycles. The van der Waals surface area contributed by atoms with E-state index in [0.717, 1.165) is 11.3 Å². The van der Waals surface area contributed by atoms with Gasteiger partial charge in [-0.2, -0.15) is 0 Å². The van der Waals surface area contributed by atoms with Gasteiger partial charge in [-0.3, -0.25) is 0 Å². The summed E-state index contributed by atoms with van der Waals surface area (Å²) in [6.45, 7) is 0. The van der Waals surface area contributed by atoms with Gasteiger partial charge in [0.15, 0.2) is 0 Å². The van der Waals surface area contributed by atoms with Gasteiger partial charge in [-0.25, -0.2) is 0 Å². The zero-order valence-electron chi connectivity index (χ0n) is 9.37. The summed E-state index contributed by atoms with van der Waals surface area (Å²) in [5, 5.41) is 0.704. The predicted octanol–water partition coefficient (Wildman–Crippen LogP) is 2.93. The summed E-state index contributed by atoms with van der Waals surface area (Å²) < 4.78 is 5.39. The van der Waals surface area contributed by atoms with Gasteiger partial charge < -0.3 is 10.5 Å². The summed E-state index contributed by atoms with van der Waals surface area (Å²) in [5.74, 6) is 2.15. The lowest BCUT2D eigenvalue weighted by Crippen LogP contribution is -2.26. The van der Waals surface area contributed by atoms with Crippen LogP contribution in [-0.2, 0) is 5.54 Å². The molecule has 2 unspecified atom stereocenters. The third-order valence-corrected chi connectivity index (χ3v) is 4.50. The number of halogens is 1. The predicted molar refractivity (Wildman–Crippen MR) is 64.7 cm³/mol. The maximum absolute atomic E-state index is 6.52. The maximum Gasteiger partial charge on any atom is 0.125 e. The molecule has 2 nitrogen and oxygen atoms in total. The number of benzene rings is 1. The van der Waals surface area contributed by atoms with Crippen LogP contribution in [0.15, 0.2) is 18.2 Å². The summed E-state index contributed by atoms with van der Waals surface area (Å²) in [4.78, 5) is 0. The number of hydrogen-bond donors (Lipinski definition) is 1. The van der Waals surface area contributed by atoms with E-state index >= 15 is 0 Å². The maximum atomic E-state index is 6.52. The number of fused-ring (bicyclic) bond motifs is 1. The Hall–Kier alpha value is -0.730. The SMILES string of the molecule is COc1cc(Cl)ccc1C1(N)C2CCCC21. The van der Waals surface area contributed by atoms with E-state index in [1.165, 1.54) is 19.3 Å². The van der Waals surface area contributed by atoms with Gasteiger partial charge in [0.1, 0.15) is 5.75 Å². The van der Waals surface area contributed by atoms with E-state index in [2.05, 4.69) is 0 Å². The molecule has 2 aliphatic carbocycles. The molecule has 1 aromatic rings. The summed E-state index contributed by atoms with van der Waals surface area (Å²) in [6, 6.07) is 5.79. The van der Waals surface area contributed by atoms with E-state index in [1.54, 1.807) is 7.11 Å². The van der Waals surface area contributed by atoms with E-state index in [-0.39, 0.29) is 5.54 Å². The third kappa shape index (κ3) is 1.23. The first-order valence-electron chi connectivity index (χ1n) is 5.81. The van der Waals surface area contributed by atoms with Crippen LogP contribution in [0.5, 0.6) is 5.75 Å². The number of rotatable bonds is 2. The monoisotopic (exact) mass is 237 g/mol. The van der Waals surface area contributed by atoms with Crippen molar-refractivity contribution in [2.45, 2.75) is 24.8 Å². The summed E-state index contributed by atoms with van der Waals surface area (Å²) in [5.41, 5.74) is 7.51. The van der Waals surface area contributed by atoms with Crippen LogP contribution in [0.1, 0.15) is 24.8 Å². The van der Waals surface area contributed by atoms with Crippen LogP contribution in [0.3, 0.4) is 0 Å². The minimum absolute atomic E-state index is 0.145. The van der Waals surface area contributed by atoms with Crippen molar-refractivity contribution in [3.05, 3.63) is 28.8 Å². The molecular weight excluding hydrogens is 222 g/mol. The Kier molecular flexibility index (Phi) is 2.20. The first-order chi connectivity index (χ1) is 7.67. The second-order valence-electron chi connectivity index (χ2n) is 4.92. The zero-order chi connectivity index (χ0) is 11.3. The third-order valence-electron chi connectivity index (χ3n) is 4.26. The van der Waals surface area contributed by atoms with Crippen molar-refractivity contribution in [2.75, 3.05) is 7.11 Å². The Morgan fingerprint density at radius 1 is 1.38 bits per heavy atom. The van der Waals surface area contributed by atoms with Gasteiger partial charge in [0, 0.05) is 10.6 Å². The minimum Gasteiger partial charge on any atom is -0.496 e. The minimum atomic E-state index is -0.145. The highest BCUT2D eigenvalue weighted by molar-refractivity contribution is 6.30. The van der Waals surface area contributed by atoms with Crippen molar-refractivity contribution < 1.29 is 4.74 Å². The Morgan fingerprint density at radius 2 is 2.06 bits per heavy atom. The lowest BCUT2D eigenvalue weighted by atomic mass is 9.96. The summed E-state index contributed by atoms with van der Waals surface area (Å²) in [7, 11) is 1.68. The molecule has 86 valence electrons. The molecule has 0 aliphatic heterocycles. The lowest BCUT2D eigenvalue weighted by Gasteiger charge is -2.19. The fraction of sp³-hybridized carbons (Fsp3) is 0.538. The number of ether oxygens (including phenoxy) is 1. The molecule has 2 aliphatic rings. The van der Waals surface area contributed by atoms with Crippen molar-refractivity contribution in [3.63, 3.8) is 0 Å². The molecule has 1 aromatic carbocycles. The van der Waals surface area contributed by atoms with E-state index in [4.69, 9.17) is 22.1 Å². The van der Waals surface area contributed by atoms with Crippen LogP contribution >= 0.6 is 11.6 Å². The van der Waals surface area contributed by atoms with Gasteiger partial charge >= 0.3 is 0 Å². The van der Waals surface area contributed by atoms with Crippen molar-refractivity contribution in [1.82, 2.24) is 0 Å². The molecule has 2 N–H and O–H groups in total. The molecule has 0 spiro atoms. The van der Waals surface area contributed by atoms with Gasteiger partial charge in [0.25, 0.3) is 0 Å². The highest BCUT2D eigenvalue weighted by atomic mass is 35.5. The van der Waals surface area contributed by atoms with Crippen LogP contribution in [0, 0.1) is 11.8 Å². The highest BCUT2D eigenvalue weighted by Gasteiger charge is 2.65. The van der Waals surface area contributed by atoms with Gasteiger partial charge in [-0.05, 0) is 36.8 Å². The summed E-state index contributed by atoms with van der Waals surface area (Å²) in [6.07, 6.45) is 3.84. The fourth-order valence-electron chi connectivity index (χ4n) is 3.42.